The fourth-order valence-electron chi connectivity index (χ4n) is 2.28. The second kappa shape index (κ2) is 8.96. The number of benzene rings is 2. The maximum atomic E-state index is 12.3. The predicted octanol–water partition coefficient (Wildman–Crippen LogP) is 3.70. The molecule has 0 atom stereocenters. The Balaban J connectivity index is 1.65. The summed E-state index contributed by atoms with van der Waals surface area (Å²) in [5, 5.41) is 6.55. The molecule has 1 heterocycles. The molecule has 3 aromatic rings. The zero-order chi connectivity index (χ0) is 18.9. The van der Waals surface area contributed by atoms with Gasteiger partial charge in [-0.3, -0.25) is 9.59 Å². The van der Waals surface area contributed by atoms with Crippen LogP contribution in [0.2, 0.25) is 0 Å². The number of hydrogen-bond acceptors (Lipinski definition) is 4. The predicted molar refractivity (Wildman–Crippen MR) is 104 cm³/mol. The molecule has 0 spiro atoms. The van der Waals surface area contributed by atoms with Gasteiger partial charge in [0.2, 0.25) is 5.91 Å². The molecular weight excluding hydrogens is 342 g/mol. The Hall–Kier alpha value is -3.93. The fraction of sp³-hybridized carbons (Fsp3) is 0. The van der Waals surface area contributed by atoms with Gasteiger partial charge < -0.3 is 9.73 Å². The Morgan fingerprint density at radius 3 is 2.48 bits per heavy atom. The molecule has 0 radical (unpaired) electrons. The molecule has 6 heteroatoms. The van der Waals surface area contributed by atoms with Gasteiger partial charge in [0, 0.05) is 6.08 Å². The number of amides is 2. The van der Waals surface area contributed by atoms with Crippen LogP contribution in [0.5, 0.6) is 0 Å². The minimum Gasteiger partial charge on any atom is -0.463 e. The van der Waals surface area contributed by atoms with Crippen molar-refractivity contribution in [3.63, 3.8) is 0 Å². The number of para-hydroxylation sites is 1. The summed E-state index contributed by atoms with van der Waals surface area (Å²) in [6, 6.07) is 19.6. The van der Waals surface area contributed by atoms with Crippen molar-refractivity contribution in [3.05, 3.63) is 96.0 Å². The van der Waals surface area contributed by atoms with E-state index in [4.69, 9.17) is 4.42 Å². The molecule has 6 nitrogen and oxygen atoms in total. The van der Waals surface area contributed by atoms with Gasteiger partial charge in [-0.25, -0.2) is 5.43 Å². The van der Waals surface area contributed by atoms with Gasteiger partial charge in [0.15, 0.2) is 0 Å². The number of nitrogens with zero attached hydrogens (tertiary/aromatic N) is 1. The summed E-state index contributed by atoms with van der Waals surface area (Å²) >= 11 is 0. The highest BCUT2D eigenvalue weighted by Gasteiger charge is 2.11. The molecular formula is C21H17N3O3. The van der Waals surface area contributed by atoms with Crippen LogP contribution in [0.4, 0.5) is 5.69 Å². The van der Waals surface area contributed by atoms with Gasteiger partial charge >= 0.3 is 0 Å². The van der Waals surface area contributed by atoms with Gasteiger partial charge in [0.05, 0.1) is 23.7 Å². The van der Waals surface area contributed by atoms with Crippen LogP contribution in [-0.2, 0) is 4.79 Å². The first-order valence-electron chi connectivity index (χ1n) is 8.22. The molecule has 3 rings (SSSR count). The first-order valence-corrected chi connectivity index (χ1v) is 8.22. The molecule has 134 valence electrons. The quantitative estimate of drug-likeness (QED) is 0.400. The van der Waals surface area contributed by atoms with Crippen molar-refractivity contribution in [2.24, 2.45) is 5.10 Å². The van der Waals surface area contributed by atoms with Crippen LogP contribution in [0.3, 0.4) is 0 Å². The van der Waals surface area contributed by atoms with E-state index in [-0.39, 0.29) is 5.91 Å². The topological polar surface area (TPSA) is 83.7 Å². The van der Waals surface area contributed by atoms with E-state index in [0.717, 1.165) is 5.56 Å². The van der Waals surface area contributed by atoms with Crippen LogP contribution in [0.15, 0.2) is 88.6 Å². The van der Waals surface area contributed by atoms with Crippen molar-refractivity contribution in [2.45, 2.75) is 0 Å². The number of rotatable bonds is 6. The molecule has 1 aromatic heterocycles. The molecule has 0 saturated heterocycles. The fourth-order valence-corrected chi connectivity index (χ4v) is 2.28. The standard InChI is InChI=1S/C21H17N3O3/c25-20(13-12-16-7-2-1-3-8-16)23-19-11-5-4-10-18(19)21(26)24-22-15-17-9-6-14-27-17/h1-15H,(H,23,25)(H,24,26)/b13-12+,22-15-. The molecule has 0 saturated carbocycles. The van der Waals surface area contributed by atoms with Crippen LogP contribution >= 0.6 is 0 Å². The van der Waals surface area contributed by atoms with Crippen LogP contribution < -0.4 is 10.7 Å². The third-order valence-corrected chi connectivity index (χ3v) is 3.56. The van der Waals surface area contributed by atoms with E-state index in [1.807, 2.05) is 30.3 Å². The van der Waals surface area contributed by atoms with Crippen molar-refractivity contribution in [3.8, 4) is 0 Å². The second-order valence-corrected chi connectivity index (χ2v) is 5.49. The number of hydrazone groups is 1. The molecule has 0 unspecified atom stereocenters. The SMILES string of the molecule is O=C(/C=C/c1ccccc1)Nc1ccccc1C(=O)N/N=C\c1ccco1. The summed E-state index contributed by atoms with van der Waals surface area (Å²) < 4.78 is 5.10. The van der Waals surface area contributed by atoms with Crippen molar-refractivity contribution < 1.29 is 14.0 Å². The number of hydrogen-bond donors (Lipinski definition) is 2. The normalized spacial score (nSPS) is 11.0. The van der Waals surface area contributed by atoms with Crippen molar-refractivity contribution in [1.29, 1.82) is 0 Å². The number of carbonyl (C=O) groups is 2. The van der Waals surface area contributed by atoms with Crippen LogP contribution in [-0.4, -0.2) is 18.0 Å². The van der Waals surface area contributed by atoms with Crippen molar-refractivity contribution in [2.75, 3.05) is 5.32 Å². The molecule has 0 fully saturated rings. The highest BCUT2D eigenvalue weighted by Crippen LogP contribution is 2.15. The Labute approximate surface area is 156 Å². The number of furan rings is 1. The van der Waals surface area contributed by atoms with Crippen LogP contribution in [0.25, 0.3) is 6.08 Å². The number of carbonyl (C=O) groups excluding carboxylic acids is 2. The first-order chi connectivity index (χ1) is 13.2. The largest absolute Gasteiger partial charge is 0.463 e. The highest BCUT2D eigenvalue weighted by atomic mass is 16.3. The summed E-state index contributed by atoms with van der Waals surface area (Å²) in [4.78, 5) is 24.5. The minimum atomic E-state index is -0.444. The third kappa shape index (κ3) is 5.27. The van der Waals surface area contributed by atoms with E-state index in [1.54, 1.807) is 42.5 Å². The molecule has 27 heavy (non-hydrogen) atoms. The van der Waals surface area contributed by atoms with Gasteiger partial charge in [-0.2, -0.15) is 5.10 Å². The maximum absolute atomic E-state index is 12.3. The van der Waals surface area contributed by atoms with Gasteiger partial charge in [0.25, 0.3) is 5.91 Å². The molecule has 0 bridgehead atoms. The average molecular weight is 359 g/mol. The van der Waals surface area contributed by atoms with E-state index in [1.165, 1.54) is 18.6 Å². The molecule has 2 aromatic carbocycles. The number of anilines is 1. The molecule has 0 aliphatic rings. The lowest BCUT2D eigenvalue weighted by atomic mass is 10.1. The van der Waals surface area contributed by atoms with Crippen molar-refractivity contribution in [1.82, 2.24) is 5.43 Å². The third-order valence-electron chi connectivity index (χ3n) is 3.56. The highest BCUT2D eigenvalue weighted by molar-refractivity contribution is 6.07. The molecule has 2 amide bonds. The lowest BCUT2D eigenvalue weighted by molar-refractivity contribution is -0.111. The summed E-state index contributed by atoms with van der Waals surface area (Å²) in [6.45, 7) is 0. The molecule has 2 N–H and O–H groups in total. The lowest BCUT2D eigenvalue weighted by Gasteiger charge is -2.08. The minimum absolute atomic E-state index is 0.301. The molecule has 0 aliphatic carbocycles. The molecule has 0 aliphatic heterocycles. The zero-order valence-corrected chi connectivity index (χ0v) is 14.3. The van der Waals surface area contributed by atoms with Crippen molar-refractivity contribution >= 4 is 29.8 Å². The van der Waals surface area contributed by atoms with Gasteiger partial charge in [-0.05, 0) is 35.9 Å². The monoisotopic (exact) mass is 359 g/mol. The van der Waals surface area contributed by atoms with Crippen LogP contribution in [0, 0.1) is 0 Å². The zero-order valence-electron chi connectivity index (χ0n) is 14.3. The first kappa shape index (κ1) is 17.9. The Morgan fingerprint density at radius 2 is 1.70 bits per heavy atom. The van der Waals surface area contributed by atoms with Crippen LogP contribution in [0.1, 0.15) is 21.7 Å². The Kier molecular flexibility index (Phi) is 5.93. The summed E-state index contributed by atoms with van der Waals surface area (Å²) in [7, 11) is 0. The van der Waals surface area contributed by atoms with Gasteiger partial charge in [-0.1, -0.05) is 42.5 Å². The van der Waals surface area contributed by atoms with E-state index in [0.29, 0.717) is 17.0 Å². The van der Waals surface area contributed by atoms with E-state index >= 15 is 0 Å². The summed E-state index contributed by atoms with van der Waals surface area (Å²) in [5.41, 5.74) is 4.01. The Morgan fingerprint density at radius 1 is 0.926 bits per heavy atom. The maximum Gasteiger partial charge on any atom is 0.273 e. The lowest BCUT2D eigenvalue weighted by Crippen LogP contribution is -2.20. The van der Waals surface area contributed by atoms with Gasteiger partial charge in [0.1, 0.15) is 5.76 Å². The van der Waals surface area contributed by atoms with E-state index < -0.39 is 5.91 Å². The van der Waals surface area contributed by atoms with Gasteiger partial charge in [-0.15, -0.1) is 0 Å². The van der Waals surface area contributed by atoms with E-state index in [9.17, 15) is 9.59 Å². The average Bonchev–Trinajstić information content (AvgIpc) is 3.21. The number of nitrogens with one attached hydrogen (secondary N) is 2. The summed E-state index contributed by atoms with van der Waals surface area (Å²) in [6.07, 6.45) is 6.02. The second-order valence-electron chi connectivity index (χ2n) is 5.49. The Bertz CT molecular complexity index is 961. The summed E-state index contributed by atoms with van der Waals surface area (Å²) in [5.74, 6) is -0.262. The smallest absolute Gasteiger partial charge is 0.273 e. The van der Waals surface area contributed by atoms with E-state index in [2.05, 4.69) is 15.8 Å².